The third-order valence-corrected chi connectivity index (χ3v) is 4.30. The standard InChI is InChI=1S/C13H19NO3S/c1-10-4-2-3-5-13(10)11-6-8-12(9-7-11)14-18(15,16)17/h2-5,11-12,14H,6-9H2,1H3,(H,15,16,17). The van der Waals surface area contributed by atoms with Crippen molar-refractivity contribution in [2.75, 3.05) is 0 Å². The van der Waals surface area contributed by atoms with Gasteiger partial charge in [0, 0.05) is 6.04 Å². The van der Waals surface area contributed by atoms with E-state index >= 15 is 0 Å². The van der Waals surface area contributed by atoms with Crippen LogP contribution in [0.25, 0.3) is 0 Å². The molecule has 5 heteroatoms. The average molecular weight is 269 g/mol. The molecule has 4 nitrogen and oxygen atoms in total. The highest BCUT2D eigenvalue weighted by molar-refractivity contribution is 7.83. The van der Waals surface area contributed by atoms with Crippen LogP contribution in [-0.4, -0.2) is 19.0 Å². The summed E-state index contributed by atoms with van der Waals surface area (Å²) in [5.41, 5.74) is 2.66. The van der Waals surface area contributed by atoms with E-state index < -0.39 is 10.3 Å². The summed E-state index contributed by atoms with van der Waals surface area (Å²) >= 11 is 0. The molecule has 0 radical (unpaired) electrons. The number of aryl methyl sites for hydroxylation is 1. The van der Waals surface area contributed by atoms with Crippen molar-refractivity contribution < 1.29 is 13.0 Å². The number of nitrogens with one attached hydrogen (secondary N) is 1. The van der Waals surface area contributed by atoms with Gasteiger partial charge in [-0.05, 0) is 49.7 Å². The maximum absolute atomic E-state index is 10.7. The molecule has 1 aromatic rings. The fourth-order valence-electron chi connectivity index (χ4n) is 2.78. The smallest absolute Gasteiger partial charge is 0.273 e. The minimum absolute atomic E-state index is 0.125. The van der Waals surface area contributed by atoms with Crippen LogP contribution in [0.2, 0.25) is 0 Å². The summed E-state index contributed by atoms with van der Waals surface area (Å²) in [6.07, 6.45) is 3.47. The number of rotatable bonds is 3. The van der Waals surface area contributed by atoms with E-state index in [2.05, 4.69) is 23.8 Å². The third-order valence-electron chi connectivity index (χ3n) is 3.67. The summed E-state index contributed by atoms with van der Waals surface area (Å²) in [6.45, 7) is 2.11. The molecule has 1 aliphatic carbocycles. The molecule has 0 atom stereocenters. The predicted octanol–water partition coefficient (Wildman–Crippen LogP) is 2.41. The Hall–Kier alpha value is -0.910. The molecule has 0 spiro atoms. The monoisotopic (exact) mass is 269 g/mol. The Kier molecular flexibility index (Phi) is 4.04. The summed E-state index contributed by atoms with van der Waals surface area (Å²) in [4.78, 5) is 0. The van der Waals surface area contributed by atoms with Gasteiger partial charge in [-0.2, -0.15) is 13.1 Å². The zero-order chi connectivity index (χ0) is 13.2. The molecule has 0 aromatic heterocycles. The Bertz CT molecular complexity index is 505. The molecule has 1 saturated carbocycles. The molecular weight excluding hydrogens is 250 g/mol. The van der Waals surface area contributed by atoms with Crippen LogP contribution in [0.15, 0.2) is 24.3 Å². The summed E-state index contributed by atoms with van der Waals surface area (Å²) in [5, 5.41) is 0. The SMILES string of the molecule is Cc1ccccc1C1CCC(NS(=O)(=O)O)CC1. The van der Waals surface area contributed by atoms with E-state index in [9.17, 15) is 8.42 Å². The van der Waals surface area contributed by atoms with E-state index in [-0.39, 0.29) is 6.04 Å². The quantitative estimate of drug-likeness (QED) is 0.828. The second-order valence-corrected chi connectivity index (χ2v) is 6.18. The lowest BCUT2D eigenvalue weighted by Crippen LogP contribution is -2.36. The van der Waals surface area contributed by atoms with Gasteiger partial charge in [0.25, 0.3) is 0 Å². The second kappa shape index (κ2) is 5.38. The molecule has 0 unspecified atom stereocenters. The van der Waals surface area contributed by atoms with Crippen LogP contribution in [0.4, 0.5) is 0 Å². The largest absolute Gasteiger partial charge is 0.333 e. The molecule has 0 saturated heterocycles. The molecule has 1 fully saturated rings. The van der Waals surface area contributed by atoms with Crippen LogP contribution in [0.3, 0.4) is 0 Å². The normalized spacial score (nSPS) is 25.0. The Morgan fingerprint density at radius 1 is 1.17 bits per heavy atom. The highest BCUT2D eigenvalue weighted by Gasteiger charge is 2.25. The highest BCUT2D eigenvalue weighted by Crippen LogP contribution is 2.34. The van der Waals surface area contributed by atoms with Crippen molar-refractivity contribution in [2.45, 2.75) is 44.6 Å². The first-order valence-corrected chi connectivity index (χ1v) is 7.70. The van der Waals surface area contributed by atoms with Gasteiger partial charge in [-0.3, -0.25) is 4.55 Å². The van der Waals surface area contributed by atoms with E-state index in [0.29, 0.717) is 5.92 Å². The highest BCUT2D eigenvalue weighted by atomic mass is 32.2. The zero-order valence-electron chi connectivity index (χ0n) is 10.5. The molecule has 2 N–H and O–H groups in total. The predicted molar refractivity (Wildman–Crippen MR) is 70.9 cm³/mol. The van der Waals surface area contributed by atoms with Crippen molar-refractivity contribution in [2.24, 2.45) is 0 Å². The Morgan fingerprint density at radius 2 is 1.78 bits per heavy atom. The lowest BCUT2D eigenvalue weighted by atomic mass is 9.80. The Morgan fingerprint density at radius 3 is 2.33 bits per heavy atom. The van der Waals surface area contributed by atoms with E-state index in [1.54, 1.807) is 0 Å². The first-order valence-electron chi connectivity index (χ1n) is 6.26. The molecule has 0 amide bonds. The van der Waals surface area contributed by atoms with Crippen molar-refractivity contribution in [1.82, 2.24) is 4.72 Å². The van der Waals surface area contributed by atoms with Crippen LogP contribution in [0.1, 0.15) is 42.7 Å². The summed E-state index contributed by atoms with van der Waals surface area (Å²) in [6, 6.07) is 8.21. The van der Waals surface area contributed by atoms with Gasteiger partial charge in [-0.1, -0.05) is 24.3 Å². The van der Waals surface area contributed by atoms with Crippen molar-refractivity contribution >= 4 is 10.3 Å². The van der Waals surface area contributed by atoms with Crippen LogP contribution in [0, 0.1) is 6.92 Å². The van der Waals surface area contributed by atoms with Gasteiger partial charge in [-0.25, -0.2) is 0 Å². The lowest BCUT2D eigenvalue weighted by molar-refractivity contribution is 0.360. The van der Waals surface area contributed by atoms with Crippen LogP contribution < -0.4 is 4.72 Å². The van der Waals surface area contributed by atoms with Crippen molar-refractivity contribution in [1.29, 1.82) is 0 Å². The third kappa shape index (κ3) is 3.54. The van der Waals surface area contributed by atoms with Gasteiger partial charge in [-0.15, -0.1) is 0 Å². The summed E-state index contributed by atoms with van der Waals surface area (Å²) in [5.74, 6) is 0.505. The van der Waals surface area contributed by atoms with Crippen LogP contribution >= 0.6 is 0 Å². The van der Waals surface area contributed by atoms with E-state index in [1.807, 2.05) is 12.1 Å². The van der Waals surface area contributed by atoms with Gasteiger partial charge in [0.15, 0.2) is 0 Å². The van der Waals surface area contributed by atoms with Crippen LogP contribution in [-0.2, 0) is 10.3 Å². The Balaban J connectivity index is 1.97. The van der Waals surface area contributed by atoms with E-state index in [1.165, 1.54) is 11.1 Å². The molecule has 0 heterocycles. The van der Waals surface area contributed by atoms with E-state index in [4.69, 9.17) is 4.55 Å². The number of benzene rings is 1. The summed E-state index contributed by atoms with van der Waals surface area (Å²) in [7, 11) is -4.06. The maximum atomic E-state index is 10.7. The van der Waals surface area contributed by atoms with Gasteiger partial charge >= 0.3 is 10.3 Å². The molecule has 100 valence electrons. The molecular formula is C13H19NO3S. The second-order valence-electron chi connectivity index (χ2n) is 5.00. The topological polar surface area (TPSA) is 66.4 Å². The molecule has 2 rings (SSSR count). The zero-order valence-corrected chi connectivity index (χ0v) is 11.3. The van der Waals surface area contributed by atoms with Crippen molar-refractivity contribution in [3.05, 3.63) is 35.4 Å². The Labute approximate surface area is 108 Å². The first kappa shape index (κ1) is 13.5. The van der Waals surface area contributed by atoms with Crippen molar-refractivity contribution in [3.63, 3.8) is 0 Å². The van der Waals surface area contributed by atoms with Gasteiger partial charge in [0.05, 0.1) is 0 Å². The van der Waals surface area contributed by atoms with Gasteiger partial charge in [0.1, 0.15) is 0 Å². The fraction of sp³-hybridized carbons (Fsp3) is 0.538. The number of hydrogen-bond acceptors (Lipinski definition) is 2. The average Bonchev–Trinajstić information content (AvgIpc) is 2.29. The van der Waals surface area contributed by atoms with Crippen LogP contribution in [0.5, 0.6) is 0 Å². The molecule has 18 heavy (non-hydrogen) atoms. The summed E-state index contributed by atoms with van der Waals surface area (Å²) < 4.78 is 32.5. The lowest BCUT2D eigenvalue weighted by Gasteiger charge is -2.29. The van der Waals surface area contributed by atoms with E-state index in [0.717, 1.165) is 25.7 Å². The fourth-order valence-corrected chi connectivity index (χ4v) is 3.43. The molecule has 1 aliphatic rings. The molecule has 0 aliphatic heterocycles. The maximum Gasteiger partial charge on any atom is 0.333 e. The first-order chi connectivity index (χ1) is 8.46. The number of hydrogen-bond donors (Lipinski definition) is 2. The molecule has 0 bridgehead atoms. The van der Waals surface area contributed by atoms with Gasteiger partial charge < -0.3 is 0 Å². The molecule has 1 aromatic carbocycles. The van der Waals surface area contributed by atoms with Crippen molar-refractivity contribution in [3.8, 4) is 0 Å². The minimum Gasteiger partial charge on any atom is -0.273 e. The van der Waals surface area contributed by atoms with Gasteiger partial charge in [0.2, 0.25) is 0 Å². The minimum atomic E-state index is -4.06.